The lowest BCUT2D eigenvalue weighted by atomic mass is 10.0. The monoisotopic (exact) mass is 339 g/mol. The zero-order chi connectivity index (χ0) is 17.9. The largest absolute Gasteiger partial charge is 0.494 e. The van der Waals surface area contributed by atoms with E-state index in [0.717, 1.165) is 25.3 Å². The zero-order valence-electron chi connectivity index (χ0n) is 16.1. The standard InChI is InChI=1S/C23H33NO/c1-4-5-6-7-10-17-25-21-15-13-20(14-16-21)18-24-23-12-9-8-11-22(23)19(2)3/h8-9,11-16,19,24H,4-7,10,17-18H2,1-3H3. The van der Waals surface area contributed by atoms with Gasteiger partial charge in [-0.15, -0.1) is 0 Å². The fraction of sp³-hybridized carbons (Fsp3) is 0.478. The third-order valence-corrected chi connectivity index (χ3v) is 4.51. The van der Waals surface area contributed by atoms with Crippen LogP contribution >= 0.6 is 0 Å². The van der Waals surface area contributed by atoms with Gasteiger partial charge in [0, 0.05) is 12.2 Å². The number of para-hydroxylation sites is 1. The lowest BCUT2D eigenvalue weighted by Gasteiger charge is -2.14. The number of rotatable bonds is 11. The molecule has 0 spiro atoms. The first-order valence-electron chi connectivity index (χ1n) is 9.75. The minimum atomic E-state index is 0.525. The van der Waals surface area contributed by atoms with Crippen LogP contribution in [0.4, 0.5) is 5.69 Å². The van der Waals surface area contributed by atoms with Gasteiger partial charge < -0.3 is 10.1 Å². The minimum absolute atomic E-state index is 0.525. The molecule has 0 amide bonds. The predicted octanol–water partition coefficient (Wildman–Crippen LogP) is 6.77. The topological polar surface area (TPSA) is 21.3 Å². The third kappa shape index (κ3) is 6.81. The van der Waals surface area contributed by atoms with Crippen molar-refractivity contribution in [1.82, 2.24) is 0 Å². The second kappa shape index (κ2) is 10.8. The van der Waals surface area contributed by atoms with Crippen LogP contribution in [0, 0.1) is 0 Å². The highest BCUT2D eigenvalue weighted by molar-refractivity contribution is 5.52. The van der Waals surface area contributed by atoms with Crippen molar-refractivity contribution in [2.75, 3.05) is 11.9 Å². The molecule has 0 aliphatic carbocycles. The van der Waals surface area contributed by atoms with Gasteiger partial charge in [0.25, 0.3) is 0 Å². The lowest BCUT2D eigenvalue weighted by Crippen LogP contribution is -2.03. The van der Waals surface area contributed by atoms with E-state index in [9.17, 15) is 0 Å². The highest BCUT2D eigenvalue weighted by Crippen LogP contribution is 2.24. The Morgan fingerprint density at radius 3 is 2.32 bits per heavy atom. The molecule has 2 nitrogen and oxygen atoms in total. The molecular formula is C23H33NO. The van der Waals surface area contributed by atoms with Crippen LogP contribution in [-0.4, -0.2) is 6.61 Å². The van der Waals surface area contributed by atoms with Crippen LogP contribution in [0.3, 0.4) is 0 Å². The smallest absolute Gasteiger partial charge is 0.119 e. The van der Waals surface area contributed by atoms with E-state index in [0.29, 0.717) is 5.92 Å². The quantitative estimate of drug-likeness (QED) is 0.456. The molecule has 0 aromatic heterocycles. The molecule has 2 aromatic rings. The van der Waals surface area contributed by atoms with E-state index in [-0.39, 0.29) is 0 Å². The SMILES string of the molecule is CCCCCCCOc1ccc(CNc2ccccc2C(C)C)cc1. The summed E-state index contributed by atoms with van der Waals surface area (Å²) in [5, 5.41) is 3.56. The van der Waals surface area contributed by atoms with Gasteiger partial charge in [-0.2, -0.15) is 0 Å². The van der Waals surface area contributed by atoms with E-state index in [1.54, 1.807) is 0 Å². The van der Waals surface area contributed by atoms with E-state index in [1.807, 2.05) is 0 Å². The summed E-state index contributed by atoms with van der Waals surface area (Å²) in [5.74, 6) is 1.50. The van der Waals surface area contributed by atoms with E-state index >= 15 is 0 Å². The van der Waals surface area contributed by atoms with E-state index in [2.05, 4.69) is 74.6 Å². The van der Waals surface area contributed by atoms with Gasteiger partial charge in [0.2, 0.25) is 0 Å². The van der Waals surface area contributed by atoms with Gasteiger partial charge in [0.15, 0.2) is 0 Å². The van der Waals surface area contributed by atoms with Crippen LogP contribution in [0.5, 0.6) is 5.75 Å². The summed E-state index contributed by atoms with van der Waals surface area (Å²) in [6.45, 7) is 8.36. The van der Waals surface area contributed by atoms with Gasteiger partial charge >= 0.3 is 0 Å². The molecule has 0 aliphatic heterocycles. The first-order valence-corrected chi connectivity index (χ1v) is 9.75. The average molecular weight is 340 g/mol. The Morgan fingerprint density at radius 2 is 1.60 bits per heavy atom. The number of hydrogen-bond acceptors (Lipinski definition) is 2. The van der Waals surface area contributed by atoms with Crippen molar-refractivity contribution >= 4 is 5.69 Å². The molecule has 25 heavy (non-hydrogen) atoms. The van der Waals surface area contributed by atoms with Crippen LogP contribution in [0.2, 0.25) is 0 Å². The van der Waals surface area contributed by atoms with Gasteiger partial charge in [-0.3, -0.25) is 0 Å². The van der Waals surface area contributed by atoms with Gasteiger partial charge in [-0.1, -0.05) is 76.8 Å². The predicted molar refractivity (Wildman–Crippen MR) is 109 cm³/mol. The molecule has 0 unspecified atom stereocenters. The molecule has 2 rings (SSSR count). The van der Waals surface area contributed by atoms with Crippen molar-refractivity contribution in [3.05, 3.63) is 59.7 Å². The third-order valence-electron chi connectivity index (χ3n) is 4.51. The van der Waals surface area contributed by atoms with Crippen molar-refractivity contribution in [2.45, 2.75) is 65.3 Å². The molecule has 0 aliphatic rings. The van der Waals surface area contributed by atoms with Crippen molar-refractivity contribution in [3.63, 3.8) is 0 Å². The Hall–Kier alpha value is -1.96. The zero-order valence-corrected chi connectivity index (χ0v) is 16.1. The molecule has 136 valence electrons. The maximum atomic E-state index is 5.83. The summed E-state index contributed by atoms with van der Waals surface area (Å²) in [6, 6.07) is 17.0. The number of anilines is 1. The Balaban J connectivity index is 1.77. The second-order valence-electron chi connectivity index (χ2n) is 7.00. The van der Waals surface area contributed by atoms with Crippen LogP contribution in [0.15, 0.2) is 48.5 Å². The molecule has 0 fully saturated rings. The Kier molecular flexibility index (Phi) is 8.38. The Bertz CT molecular complexity index is 604. The van der Waals surface area contributed by atoms with Gasteiger partial charge in [0.05, 0.1) is 6.61 Å². The molecular weight excluding hydrogens is 306 g/mol. The maximum absolute atomic E-state index is 5.83. The lowest BCUT2D eigenvalue weighted by molar-refractivity contribution is 0.304. The van der Waals surface area contributed by atoms with Crippen molar-refractivity contribution in [3.8, 4) is 5.75 Å². The van der Waals surface area contributed by atoms with Crippen molar-refractivity contribution < 1.29 is 4.74 Å². The molecule has 0 heterocycles. The van der Waals surface area contributed by atoms with E-state index in [1.165, 1.54) is 42.5 Å². The van der Waals surface area contributed by atoms with Gasteiger partial charge in [0.1, 0.15) is 5.75 Å². The molecule has 2 heteroatoms. The number of unbranched alkanes of at least 4 members (excludes halogenated alkanes) is 4. The summed E-state index contributed by atoms with van der Waals surface area (Å²) in [4.78, 5) is 0. The van der Waals surface area contributed by atoms with Crippen LogP contribution in [0.1, 0.15) is 69.9 Å². The number of ether oxygens (including phenoxy) is 1. The normalized spacial score (nSPS) is 10.9. The fourth-order valence-electron chi connectivity index (χ4n) is 2.96. The molecule has 0 atom stereocenters. The molecule has 0 saturated carbocycles. The highest BCUT2D eigenvalue weighted by atomic mass is 16.5. The van der Waals surface area contributed by atoms with Crippen LogP contribution in [-0.2, 0) is 6.54 Å². The van der Waals surface area contributed by atoms with Crippen molar-refractivity contribution in [1.29, 1.82) is 0 Å². The molecule has 0 bridgehead atoms. The minimum Gasteiger partial charge on any atom is -0.494 e. The summed E-state index contributed by atoms with van der Waals surface area (Å²) < 4.78 is 5.83. The van der Waals surface area contributed by atoms with Gasteiger partial charge in [-0.05, 0) is 41.7 Å². The van der Waals surface area contributed by atoms with Crippen LogP contribution in [0.25, 0.3) is 0 Å². The molecule has 0 saturated heterocycles. The second-order valence-corrected chi connectivity index (χ2v) is 7.00. The average Bonchev–Trinajstić information content (AvgIpc) is 2.64. The Morgan fingerprint density at radius 1 is 0.880 bits per heavy atom. The van der Waals surface area contributed by atoms with E-state index < -0.39 is 0 Å². The van der Waals surface area contributed by atoms with Crippen LogP contribution < -0.4 is 10.1 Å². The molecule has 2 aromatic carbocycles. The summed E-state index contributed by atoms with van der Waals surface area (Å²) in [5.41, 5.74) is 3.87. The number of hydrogen-bond donors (Lipinski definition) is 1. The molecule has 0 radical (unpaired) electrons. The summed E-state index contributed by atoms with van der Waals surface area (Å²) >= 11 is 0. The first kappa shape index (κ1) is 19.4. The Labute approximate surface area is 153 Å². The summed E-state index contributed by atoms with van der Waals surface area (Å²) in [7, 11) is 0. The molecule has 1 N–H and O–H groups in total. The number of benzene rings is 2. The fourth-order valence-corrected chi connectivity index (χ4v) is 2.96. The highest BCUT2D eigenvalue weighted by Gasteiger charge is 2.05. The summed E-state index contributed by atoms with van der Waals surface area (Å²) in [6.07, 6.45) is 6.36. The number of nitrogens with one attached hydrogen (secondary N) is 1. The van der Waals surface area contributed by atoms with Gasteiger partial charge in [-0.25, -0.2) is 0 Å². The first-order chi connectivity index (χ1) is 12.2. The van der Waals surface area contributed by atoms with E-state index in [4.69, 9.17) is 4.74 Å². The van der Waals surface area contributed by atoms with Crippen molar-refractivity contribution in [2.24, 2.45) is 0 Å². The maximum Gasteiger partial charge on any atom is 0.119 e.